The molecule has 3 aliphatic rings. The predicted octanol–water partition coefficient (Wildman–Crippen LogP) is 4.41. The van der Waals surface area contributed by atoms with Gasteiger partial charge in [0, 0.05) is 18.8 Å². The number of amides is 2. The van der Waals surface area contributed by atoms with Gasteiger partial charge in [0.2, 0.25) is 11.8 Å². The lowest BCUT2D eigenvalue weighted by molar-refractivity contribution is -0.136. The number of benzene rings is 1. The number of imide groups is 1. The number of piperidine rings is 1. The topological polar surface area (TPSA) is 113 Å². The number of ether oxygens (including phenoxy) is 1. The highest BCUT2D eigenvalue weighted by atomic mass is 19.1. The average Bonchev–Trinajstić information content (AvgIpc) is 3.55. The van der Waals surface area contributed by atoms with E-state index in [9.17, 15) is 19.1 Å². The Kier molecular flexibility index (Phi) is 7.70. The van der Waals surface area contributed by atoms with Crippen LogP contribution in [-0.2, 0) is 15.2 Å². The molecule has 0 spiro atoms. The van der Waals surface area contributed by atoms with Gasteiger partial charge in [-0.15, -0.1) is 5.10 Å². The third kappa shape index (κ3) is 6.05. The van der Waals surface area contributed by atoms with Crippen LogP contribution in [-0.4, -0.2) is 35.3 Å². The van der Waals surface area contributed by atoms with Gasteiger partial charge < -0.3 is 9.84 Å². The molecule has 2 fully saturated rings. The molecular formula is C25H33FN4O4. The normalized spacial score (nSPS) is 24.0. The van der Waals surface area contributed by atoms with Crippen molar-refractivity contribution in [2.75, 3.05) is 6.61 Å². The van der Waals surface area contributed by atoms with Crippen LogP contribution in [0.2, 0.25) is 0 Å². The molecule has 4 rings (SSSR count). The second-order valence-corrected chi connectivity index (χ2v) is 9.69. The average molecular weight is 473 g/mol. The van der Waals surface area contributed by atoms with Crippen LogP contribution in [0.15, 0.2) is 33.6 Å². The summed E-state index contributed by atoms with van der Waals surface area (Å²) in [5.74, 6) is -0.244. The molecule has 2 N–H and O–H groups in total. The Morgan fingerprint density at radius 1 is 1.24 bits per heavy atom. The molecule has 34 heavy (non-hydrogen) atoms. The van der Waals surface area contributed by atoms with Gasteiger partial charge in [-0.3, -0.25) is 14.9 Å². The molecule has 2 unspecified atom stereocenters. The molecule has 2 aliphatic heterocycles. The Bertz CT molecular complexity index is 978. The van der Waals surface area contributed by atoms with E-state index in [1.807, 2.05) is 6.92 Å². The molecule has 1 aromatic rings. The van der Waals surface area contributed by atoms with Crippen molar-refractivity contribution in [3.8, 4) is 5.75 Å². The molecule has 8 nitrogen and oxygen atoms in total. The molecule has 2 heterocycles. The van der Waals surface area contributed by atoms with Gasteiger partial charge >= 0.3 is 0 Å². The molecule has 1 aliphatic carbocycles. The van der Waals surface area contributed by atoms with Crippen molar-refractivity contribution in [1.29, 1.82) is 0 Å². The summed E-state index contributed by atoms with van der Waals surface area (Å²) in [7, 11) is 0. The first-order valence-corrected chi connectivity index (χ1v) is 12.3. The van der Waals surface area contributed by atoms with Crippen LogP contribution in [0.1, 0.15) is 76.7 Å². The third-order valence-corrected chi connectivity index (χ3v) is 7.09. The number of hydrogen-bond acceptors (Lipinski definition) is 7. The van der Waals surface area contributed by atoms with E-state index in [4.69, 9.17) is 4.74 Å². The number of nitrogens with zero attached hydrogens (tertiary/aromatic N) is 3. The third-order valence-electron chi connectivity index (χ3n) is 7.09. The fourth-order valence-corrected chi connectivity index (χ4v) is 4.55. The number of halogens is 1. The molecule has 9 heteroatoms. The first-order chi connectivity index (χ1) is 16.4. The standard InChI is InChI=1S/C25H33FN4O4/c1-2-25(33,18-10-11-19(26)22(13-18)34-15-16-7-8-16)14-21-20(28-30-29-21)6-4-3-5-17-9-12-23(31)27-24(17)32/h10-11,13,16-17,21,33H,2-9,12,14-15H2,1H3,(H,27,31,32)/t17?,21?,25-/m0/s1. The number of unbranched alkanes of at least 4 members (excludes halogenated alkanes) is 1. The predicted molar refractivity (Wildman–Crippen MR) is 124 cm³/mol. The van der Waals surface area contributed by atoms with E-state index in [2.05, 4.69) is 20.8 Å². The van der Waals surface area contributed by atoms with E-state index in [-0.39, 0.29) is 29.5 Å². The maximum Gasteiger partial charge on any atom is 0.229 e. The summed E-state index contributed by atoms with van der Waals surface area (Å²) >= 11 is 0. The summed E-state index contributed by atoms with van der Waals surface area (Å²) < 4.78 is 19.9. The number of nitrogens with one attached hydrogen (secondary N) is 1. The monoisotopic (exact) mass is 472 g/mol. The summed E-state index contributed by atoms with van der Waals surface area (Å²) in [5.41, 5.74) is 0.191. The number of carbonyl (C=O) groups is 2. The van der Waals surface area contributed by atoms with Crippen molar-refractivity contribution in [3.63, 3.8) is 0 Å². The highest BCUT2D eigenvalue weighted by Crippen LogP contribution is 2.36. The largest absolute Gasteiger partial charge is 0.490 e. The highest BCUT2D eigenvalue weighted by Gasteiger charge is 2.35. The minimum absolute atomic E-state index is 0.117. The lowest BCUT2D eigenvalue weighted by Gasteiger charge is -2.29. The van der Waals surface area contributed by atoms with Crippen molar-refractivity contribution in [2.45, 2.75) is 82.8 Å². The number of aliphatic hydroxyl groups is 1. The van der Waals surface area contributed by atoms with Crippen LogP contribution < -0.4 is 10.1 Å². The Balaban J connectivity index is 1.31. The summed E-state index contributed by atoms with van der Waals surface area (Å²) in [6.45, 7) is 2.38. The van der Waals surface area contributed by atoms with Crippen molar-refractivity contribution in [2.24, 2.45) is 27.3 Å². The van der Waals surface area contributed by atoms with Crippen molar-refractivity contribution in [1.82, 2.24) is 5.32 Å². The molecule has 2 amide bonds. The number of rotatable bonds is 12. The van der Waals surface area contributed by atoms with E-state index in [1.165, 1.54) is 6.07 Å². The van der Waals surface area contributed by atoms with E-state index in [0.29, 0.717) is 50.2 Å². The van der Waals surface area contributed by atoms with Crippen LogP contribution in [0.3, 0.4) is 0 Å². The second-order valence-electron chi connectivity index (χ2n) is 9.69. The Hall–Kier alpha value is -2.68. The van der Waals surface area contributed by atoms with Crippen LogP contribution in [0.5, 0.6) is 5.75 Å². The molecule has 0 aromatic heterocycles. The zero-order chi connectivity index (χ0) is 24.1. The van der Waals surface area contributed by atoms with Crippen LogP contribution in [0.4, 0.5) is 4.39 Å². The summed E-state index contributed by atoms with van der Waals surface area (Å²) in [5, 5.41) is 26.1. The maximum absolute atomic E-state index is 14.2. The first kappa shape index (κ1) is 24.4. The summed E-state index contributed by atoms with van der Waals surface area (Å²) in [6, 6.07) is 4.20. The van der Waals surface area contributed by atoms with Crippen LogP contribution in [0, 0.1) is 17.7 Å². The highest BCUT2D eigenvalue weighted by molar-refractivity contribution is 5.98. The van der Waals surface area contributed by atoms with Gasteiger partial charge in [0.1, 0.15) is 6.04 Å². The fraction of sp³-hybridized carbons (Fsp3) is 0.640. The van der Waals surface area contributed by atoms with Gasteiger partial charge in [-0.2, -0.15) is 5.11 Å². The molecule has 3 atom stereocenters. The fourth-order valence-electron chi connectivity index (χ4n) is 4.55. The summed E-state index contributed by atoms with van der Waals surface area (Å²) in [4.78, 5) is 23.2. The molecule has 1 aromatic carbocycles. The minimum Gasteiger partial charge on any atom is -0.490 e. The van der Waals surface area contributed by atoms with E-state index in [0.717, 1.165) is 37.8 Å². The molecule has 184 valence electrons. The molecular weight excluding hydrogens is 439 g/mol. The van der Waals surface area contributed by atoms with Gasteiger partial charge in [-0.1, -0.05) is 19.4 Å². The zero-order valence-electron chi connectivity index (χ0n) is 19.6. The quantitative estimate of drug-likeness (QED) is 0.347. The van der Waals surface area contributed by atoms with E-state index in [1.54, 1.807) is 12.1 Å². The van der Waals surface area contributed by atoms with Gasteiger partial charge in [-0.05, 0) is 73.8 Å². The van der Waals surface area contributed by atoms with Crippen molar-refractivity contribution < 1.29 is 23.8 Å². The molecule has 1 saturated carbocycles. The summed E-state index contributed by atoms with van der Waals surface area (Å²) in [6.07, 6.45) is 7.00. The van der Waals surface area contributed by atoms with E-state index < -0.39 is 11.4 Å². The number of hydrogen-bond donors (Lipinski definition) is 2. The lowest BCUT2D eigenvalue weighted by Crippen LogP contribution is -2.40. The second kappa shape index (κ2) is 10.7. The van der Waals surface area contributed by atoms with Crippen molar-refractivity contribution >= 4 is 17.5 Å². The first-order valence-electron chi connectivity index (χ1n) is 12.3. The minimum atomic E-state index is -1.22. The molecule has 0 bridgehead atoms. The zero-order valence-corrected chi connectivity index (χ0v) is 19.6. The van der Waals surface area contributed by atoms with Gasteiger partial charge in [0.05, 0.1) is 17.9 Å². The molecule has 0 radical (unpaired) electrons. The van der Waals surface area contributed by atoms with Gasteiger partial charge in [-0.25, -0.2) is 4.39 Å². The maximum atomic E-state index is 14.2. The smallest absolute Gasteiger partial charge is 0.229 e. The van der Waals surface area contributed by atoms with E-state index >= 15 is 0 Å². The Labute approximate surface area is 199 Å². The Morgan fingerprint density at radius 3 is 2.79 bits per heavy atom. The SMILES string of the molecule is CC[C@](O)(CC1N=NN=C1CCCCC1CCC(=O)NC1=O)c1ccc(F)c(OCC2CC2)c1. The van der Waals surface area contributed by atoms with Crippen LogP contribution >= 0.6 is 0 Å². The van der Waals surface area contributed by atoms with Crippen LogP contribution in [0.25, 0.3) is 0 Å². The van der Waals surface area contributed by atoms with Gasteiger partial charge in [0.15, 0.2) is 11.6 Å². The Morgan fingerprint density at radius 2 is 2.06 bits per heavy atom. The number of carbonyl (C=O) groups excluding carboxylic acids is 2. The van der Waals surface area contributed by atoms with Crippen molar-refractivity contribution in [3.05, 3.63) is 29.6 Å². The molecule has 1 saturated heterocycles. The lowest BCUT2D eigenvalue weighted by atomic mass is 9.83. The van der Waals surface area contributed by atoms with Gasteiger partial charge in [0.25, 0.3) is 0 Å².